The van der Waals surface area contributed by atoms with Gasteiger partial charge in [0.2, 0.25) is 5.75 Å². The normalized spacial score (nSPS) is 11.7. The fraction of sp³-hybridized carbons (Fsp3) is 0. The van der Waals surface area contributed by atoms with Crippen LogP contribution in [0.25, 0.3) is 22.3 Å². The fourth-order valence-electron chi connectivity index (χ4n) is 2.31. The molecule has 0 atom stereocenters. The summed E-state index contributed by atoms with van der Waals surface area (Å²) in [4.78, 5) is 11.0. The summed E-state index contributed by atoms with van der Waals surface area (Å²) >= 11 is 0. The zero-order chi connectivity index (χ0) is 17.6. The van der Waals surface area contributed by atoms with Crippen molar-refractivity contribution in [3.8, 4) is 28.6 Å². The molecule has 0 aliphatic heterocycles. The van der Waals surface area contributed by atoms with Crippen molar-refractivity contribution in [2.24, 2.45) is 0 Å². The molecule has 124 valence electrons. The number of phenols is 3. The quantitative estimate of drug-likeness (QED) is 0.404. The smallest absolute Gasteiger partial charge is 0.302 e. The van der Waals surface area contributed by atoms with Gasteiger partial charge in [-0.25, -0.2) is 0 Å². The molecule has 0 fully saturated rings. The van der Waals surface area contributed by atoms with Crippen molar-refractivity contribution in [1.29, 1.82) is 0 Å². The van der Waals surface area contributed by atoms with Gasteiger partial charge in [-0.3, -0.25) is 9.35 Å². The highest BCUT2D eigenvalue weighted by Gasteiger charge is 2.30. The summed E-state index contributed by atoms with van der Waals surface area (Å²) in [5.41, 5.74) is -1.21. The maximum absolute atomic E-state index is 12.2. The third-order valence-electron chi connectivity index (χ3n) is 3.37. The van der Waals surface area contributed by atoms with E-state index in [4.69, 9.17) is 4.42 Å². The number of hydrogen-bond acceptors (Lipinski definition) is 7. The maximum Gasteiger partial charge on any atom is 0.302 e. The van der Waals surface area contributed by atoms with Crippen LogP contribution in [0.1, 0.15) is 0 Å². The SMILES string of the molecule is O=c1cc(-c2ccccc2)oc2c(S(=O)(=O)O)c(O)c(O)c(O)c12. The van der Waals surface area contributed by atoms with Crippen LogP contribution in [0.5, 0.6) is 17.2 Å². The second-order valence-corrected chi connectivity index (χ2v) is 6.25. The third kappa shape index (κ3) is 2.36. The molecule has 4 N–H and O–H groups in total. The lowest BCUT2D eigenvalue weighted by Crippen LogP contribution is -2.06. The molecule has 0 aliphatic carbocycles. The van der Waals surface area contributed by atoms with Crippen LogP contribution >= 0.6 is 0 Å². The zero-order valence-corrected chi connectivity index (χ0v) is 12.6. The summed E-state index contributed by atoms with van der Waals surface area (Å²) in [5, 5.41) is 28.5. The van der Waals surface area contributed by atoms with Gasteiger partial charge in [0.15, 0.2) is 27.4 Å². The van der Waals surface area contributed by atoms with E-state index in [9.17, 15) is 33.1 Å². The van der Waals surface area contributed by atoms with Crippen molar-refractivity contribution >= 4 is 21.1 Å². The predicted octanol–water partition coefficient (Wildman–Crippen LogP) is 1.82. The van der Waals surface area contributed by atoms with Crippen molar-refractivity contribution in [2.75, 3.05) is 0 Å². The highest BCUT2D eigenvalue weighted by Crippen LogP contribution is 2.46. The van der Waals surface area contributed by atoms with Crippen molar-refractivity contribution in [3.05, 3.63) is 46.6 Å². The molecular weight excluding hydrogens is 340 g/mol. The Balaban J connectivity index is 2.55. The maximum atomic E-state index is 12.2. The molecule has 0 amide bonds. The Morgan fingerprint density at radius 2 is 1.54 bits per heavy atom. The minimum absolute atomic E-state index is 0.0533. The highest BCUT2D eigenvalue weighted by molar-refractivity contribution is 7.86. The van der Waals surface area contributed by atoms with Crippen LogP contribution in [0.2, 0.25) is 0 Å². The molecule has 2 aromatic carbocycles. The van der Waals surface area contributed by atoms with Crippen LogP contribution in [0.3, 0.4) is 0 Å². The average molecular weight is 350 g/mol. The number of aromatic hydroxyl groups is 3. The Morgan fingerprint density at radius 1 is 0.917 bits per heavy atom. The van der Waals surface area contributed by atoms with E-state index in [1.165, 1.54) is 0 Å². The number of rotatable bonds is 2. The van der Waals surface area contributed by atoms with Crippen molar-refractivity contribution in [1.82, 2.24) is 0 Å². The van der Waals surface area contributed by atoms with Crippen LogP contribution in [-0.2, 0) is 10.1 Å². The van der Waals surface area contributed by atoms with E-state index in [1.807, 2.05) is 0 Å². The number of benzene rings is 2. The second kappa shape index (κ2) is 5.25. The average Bonchev–Trinajstić information content (AvgIpc) is 2.51. The summed E-state index contributed by atoms with van der Waals surface area (Å²) in [7, 11) is -5.07. The molecule has 3 aromatic rings. The molecule has 0 spiro atoms. The largest absolute Gasteiger partial charge is 0.504 e. The van der Waals surface area contributed by atoms with Gasteiger partial charge in [-0.05, 0) is 0 Å². The number of hydrogen-bond donors (Lipinski definition) is 4. The van der Waals surface area contributed by atoms with Gasteiger partial charge in [0.25, 0.3) is 0 Å². The van der Waals surface area contributed by atoms with Gasteiger partial charge in [0, 0.05) is 11.6 Å². The van der Waals surface area contributed by atoms with Gasteiger partial charge in [-0.15, -0.1) is 0 Å². The molecular formula is C15H10O8S. The standard InChI is InChI=1S/C15H10O8S/c16-8-6-9(7-4-2-1-3-5-7)23-14-10(8)11(17)12(18)13(19)15(14)24(20,21)22/h1-6,17-19H,(H,20,21,22). The molecule has 0 radical (unpaired) electrons. The Labute approximate surface area is 134 Å². The molecule has 0 saturated carbocycles. The van der Waals surface area contributed by atoms with E-state index in [0.717, 1.165) is 6.07 Å². The summed E-state index contributed by atoms with van der Waals surface area (Å²) < 4.78 is 37.7. The summed E-state index contributed by atoms with van der Waals surface area (Å²) in [5.74, 6) is -3.68. The van der Waals surface area contributed by atoms with E-state index in [2.05, 4.69) is 0 Å². The first kappa shape index (κ1) is 15.8. The molecule has 24 heavy (non-hydrogen) atoms. The van der Waals surface area contributed by atoms with Gasteiger partial charge in [-0.1, -0.05) is 30.3 Å². The molecule has 0 saturated heterocycles. The summed E-state index contributed by atoms with van der Waals surface area (Å²) in [6.07, 6.45) is 0. The first-order chi connectivity index (χ1) is 11.2. The van der Waals surface area contributed by atoms with Crippen LogP contribution in [0, 0.1) is 0 Å². The van der Waals surface area contributed by atoms with E-state index in [1.54, 1.807) is 30.3 Å². The lowest BCUT2D eigenvalue weighted by Gasteiger charge is -2.11. The third-order valence-corrected chi connectivity index (χ3v) is 4.27. The van der Waals surface area contributed by atoms with Crippen LogP contribution in [0.15, 0.2) is 50.5 Å². The lowest BCUT2D eigenvalue weighted by atomic mass is 10.1. The molecule has 8 nitrogen and oxygen atoms in total. The zero-order valence-electron chi connectivity index (χ0n) is 11.8. The van der Waals surface area contributed by atoms with E-state index in [-0.39, 0.29) is 5.76 Å². The fourth-order valence-corrected chi connectivity index (χ4v) is 3.03. The first-order valence-electron chi connectivity index (χ1n) is 6.49. The Morgan fingerprint density at radius 3 is 2.12 bits per heavy atom. The minimum Gasteiger partial charge on any atom is -0.504 e. The van der Waals surface area contributed by atoms with E-state index < -0.39 is 48.7 Å². The Hall–Kier alpha value is -3.04. The topological polar surface area (TPSA) is 145 Å². The van der Waals surface area contributed by atoms with Gasteiger partial charge in [-0.2, -0.15) is 8.42 Å². The Bertz CT molecular complexity index is 1110. The molecule has 0 bridgehead atoms. The van der Waals surface area contributed by atoms with E-state index in [0.29, 0.717) is 5.56 Å². The van der Waals surface area contributed by atoms with Gasteiger partial charge in [0.1, 0.15) is 11.1 Å². The van der Waals surface area contributed by atoms with E-state index >= 15 is 0 Å². The first-order valence-corrected chi connectivity index (χ1v) is 7.93. The van der Waals surface area contributed by atoms with Crippen molar-refractivity contribution in [3.63, 3.8) is 0 Å². The molecule has 1 heterocycles. The van der Waals surface area contributed by atoms with Crippen molar-refractivity contribution in [2.45, 2.75) is 4.90 Å². The highest BCUT2D eigenvalue weighted by atomic mass is 32.2. The monoisotopic (exact) mass is 350 g/mol. The van der Waals surface area contributed by atoms with Crippen LogP contribution in [-0.4, -0.2) is 28.3 Å². The van der Waals surface area contributed by atoms with Gasteiger partial charge >= 0.3 is 10.1 Å². The molecule has 3 rings (SSSR count). The van der Waals surface area contributed by atoms with Crippen molar-refractivity contribution < 1.29 is 32.7 Å². The number of phenolic OH excluding ortho intramolecular Hbond substituents is 3. The minimum atomic E-state index is -5.07. The Kier molecular flexibility index (Phi) is 3.47. The second-order valence-electron chi connectivity index (χ2n) is 4.90. The van der Waals surface area contributed by atoms with Gasteiger partial charge in [0.05, 0.1) is 0 Å². The number of fused-ring (bicyclic) bond motifs is 1. The summed E-state index contributed by atoms with van der Waals surface area (Å²) in [6.45, 7) is 0. The molecule has 0 aliphatic rings. The van der Waals surface area contributed by atoms with Gasteiger partial charge < -0.3 is 19.7 Å². The predicted molar refractivity (Wildman–Crippen MR) is 82.7 cm³/mol. The lowest BCUT2D eigenvalue weighted by molar-refractivity contribution is 0.360. The van der Waals surface area contributed by atoms with Crippen LogP contribution in [0.4, 0.5) is 0 Å². The van der Waals surface area contributed by atoms with Crippen LogP contribution < -0.4 is 5.43 Å². The molecule has 0 unspecified atom stereocenters. The molecule has 9 heteroatoms. The molecule has 1 aromatic heterocycles. The summed E-state index contributed by atoms with van der Waals surface area (Å²) in [6, 6.07) is 9.16.